The third-order valence-electron chi connectivity index (χ3n) is 4.37. The number of nitrogens with one attached hydrogen (secondary N) is 1. The Bertz CT molecular complexity index is 942. The number of anilines is 1. The molecule has 3 rings (SSSR count). The molecule has 6 heteroatoms. The average Bonchev–Trinajstić information content (AvgIpc) is 2.64. The van der Waals surface area contributed by atoms with Crippen molar-refractivity contribution in [2.45, 2.75) is 19.5 Å². The van der Waals surface area contributed by atoms with Gasteiger partial charge in [0.15, 0.2) is 0 Å². The Morgan fingerprint density at radius 3 is 2.88 bits per heavy atom. The van der Waals surface area contributed by atoms with Crippen LogP contribution in [-0.4, -0.2) is 28.9 Å². The van der Waals surface area contributed by atoms with Gasteiger partial charge in [0.1, 0.15) is 5.82 Å². The topological polar surface area (TPSA) is 45.2 Å². The number of pyridine rings is 1. The fourth-order valence-electron chi connectivity index (χ4n) is 2.72. The zero-order valence-electron chi connectivity index (χ0n) is 14.5. The number of amides is 1. The summed E-state index contributed by atoms with van der Waals surface area (Å²) in [6.07, 6.45) is 1.72. The van der Waals surface area contributed by atoms with Crippen LogP contribution in [0.2, 0.25) is 0 Å². The van der Waals surface area contributed by atoms with E-state index in [1.807, 2.05) is 35.2 Å². The van der Waals surface area contributed by atoms with Crippen LogP contribution in [0.15, 0.2) is 59.2 Å². The molecule has 26 heavy (non-hydrogen) atoms. The summed E-state index contributed by atoms with van der Waals surface area (Å²) in [6.45, 7) is 2.13. The van der Waals surface area contributed by atoms with E-state index in [1.54, 1.807) is 32.3 Å². The standard InChI is InChI=1S/C20H19BrFN3O/c1-13(25(2)12-14-11-15(21)8-9-17(14)22)20(26)24-19-7-3-6-18-16(19)5-4-10-23-18/h3-11,13H,12H2,1-2H3,(H,24,26). The molecular weight excluding hydrogens is 397 g/mol. The first-order chi connectivity index (χ1) is 12.5. The van der Waals surface area contributed by atoms with Gasteiger partial charge in [-0.3, -0.25) is 14.7 Å². The van der Waals surface area contributed by atoms with Gasteiger partial charge in [-0.25, -0.2) is 4.39 Å². The van der Waals surface area contributed by atoms with Crippen molar-refractivity contribution in [3.63, 3.8) is 0 Å². The highest BCUT2D eigenvalue weighted by Gasteiger charge is 2.20. The Morgan fingerprint density at radius 2 is 2.08 bits per heavy atom. The first-order valence-electron chi connectivity index (χ1n) is 8.24. The lowest BCUT2D eigenvalue weighted by Gasteiger charge is -2.24. The Kier molecular flexibility index (Phi) is 5.64. The molecule has 0 fully saturated rings. The maximum absolute atomic E-state index is 14.0. The minimum atomic E-state index is -0.430. The van der Waals surface area contributed by atoms with Crippen molar-refractivity contribution in [3.05, 3.63) is 70.6 Å². The van der Waals surface area contributed by atoms with E-state index in [-0.39, 0.29) is 11.7 Å². The number of rotatable bonds is 5. The molecule has 1 amide bonds. The summed E-state index contributed by atoms with van der Waals surface area (Å²) in [5.41, 5.74) is 2.08. The van der Waals surface area contributed by atoms with Gasteiger partial charge in [0, 0.05) is 28.2 Å². The van der Waals surface area contributed by atoms with E-state index in [2.05, 4.69) is 26.2 Å². The number of carbonyl (C=O) groups excluding carboxylic acids is 1. The predicted molar refractivity (Wildman–Crippen MR) is 105 cm³/mol. The molecule has 0 aliphatic carbocycles. The van der Waals surface area contributed by atoms with Gasteiger partial charge in [0.2, 0.25) is 5.91 Å². The molecule has 0 bridgehead atoms. The second kappa shape index (κ2) is 7.93. The van der Waals surface area contributed by atoms with Gasteiger partial charge in [-0.15, -0.1) is 0 Å². The number of aromatic nitrogens is 1. The van der Waals surface area contributed by atoms with E-state index in [4.69, 9.17) is 0 Å². The van der Waals surface area contributed by atoms with E-state index in [9.17, 15) is 9.18 Å². The summed E-state index contributed by atoms with van der Waals surface area (Å²) in [4.78, 5) is 18.8. The maximum Gasteiger partial charge on any atom is 0.241 e. The van der Waals surface area contributed by atoms with Crippen LogP contribution >= 0.6 is 15.9 Å². The Balaban J connectivity index is 1.73. The van der Waals surface area contributed by atoms with Gasteiger partial charge in [-0.1, -0.05) is 22.0 Å². The Morgan fingerprint density at radius 1 is 1.27 bits per heavy atom. The van der Waals surface area contributed by atoms with E-state index in [0.29, 0.717) is 12.1 Å². The summed E-state index contributed by atoms with van der Waals surface area (Å²) >= 11 is 3.35. The molecule has 0 aliphatic heterocycles. The molecule has 1 atom stereocenters. The van der Waals surface area contributed by atoms with Crippen LogP contribution in [0.4, 0.5) is 10.1 Å². The molecule has 2 aromatic carbocycles. The monoisotopic (exact) mass is 415 g/mol. The average molecular weight is 416 g/mol. The number of carbonyl (C=O) groups is 1. The normalized spacial score (nSPS) is 12.3. The first-order valence-corrected chi connectivity index (χ1v) is 9.04. The second-order valence-electron chi connectivity index (χ2n) is 6.19. The van der Waals surface area contributed by atoms with Gasteiger partial charge >= 0.3 is 0 Å². The summed E-state index contributed by atoms with van der Waals surface area (Å²) in [5.74, 6) is -0.438. The minimum absolute atomic E-state index is 0.153. The number of hydrogen-bond donors (Lipinski definition) is 1. The van der Waals surface area contributed by atoms with E-state index in [1.165, 1.54) is 6.07 Å². The number of benzene rings is 2. The number of likely N-dealkylation sites (N-methyl/N-ethyl adjacent to an activating group) is 1. The van der Waals surface area contributed by atoms with Gasteiger partial charge < -0.3 is 5.32 Å². The third kappa shape index (κ3) is 4.08. The summed E-state index contributed by atoms with van der Waals surface area (Å²) < 4.78 is 14.8. The minimum Gasteiger partial charge on any atom is -0.324 e. The van der Waals surface area contributed by atoms with Crippen molar-refractivity contribution >= 4 is 38.4 Å². The Labute approximate surface area is 160 Å². The van der Waals surface area contributed by atoms with Crippen LogP contribution < -0.4 is 5.32 Å². The van der Waals surface area contributed by atoms with Crippen molar-refractivity contribution in [1.29, 1.82) is 0 Å². The lowest BCUT2D eigenvalue weighted by Crippen LogP contribution is -2.39. The van der Waals surface area contributed by atoms with Crippen molar-refractivity contribution < 1.29 is 9.18 Å². The molecule has 1 N–H and O–H groups in total. The third-order valence-corrected chi connectivity index (χ3v) is 4.86. The van der Waals surface area contributed by atoms with Crippen molar-refractivity contribution in [1.82, 2.24) is 9.88 Å². The quantitative estimate of drug-likeness (QED) is 0.662. The molecule has 4 nitrogen and oxygen atoms in total. The molecule has 134 valence electrons. The number of hydrogen-bond acceptors (Lipinski definition) is 3. The molecule has 1 unspecified atom stereocenters. The zero-order valence-corrected chi connectivity index (χ0v) is 16.1. The number of fused-ring (bicyclic) bond motifs is 1. The molecule has 0 radical (unpaired) electrons. The SMILES string of the molecule is CC(C(=O)Nc1cccc2ncccc12)N(C)Cc1cc(Br)ccc1F. The van der Waals surface area contributed by atoms with Crippen LogP contribution in [0, 0.1) is 5.82 Å². The van der Waals surface area contributed by atoms with Crippen molar-refractivity contribution in [2.24, 2.45) is 0 Å². The lowest BCUT2D eigenvalue weighted by atomic mass is 10.1. The van der Waals surface area contributed by atoms with E-state index in [0.717, 1.165) is 21.1 Å². The van der Waals surface area contributed by atoms with Crippen LogP contribution in [-0.2, 0) is 11.3 Å². The maximum atomic E-state index is 14.0. The van der Waals surface area contributed by atoms with Crippen LogP contribution in [0.25, 0.3) is 10.9 Å². The van der Waals surface area contributed by atoms with Crippen molar-refractivity contribution in [3.8, 4) is 0 Å². The highest BCUT2D eigenvalue weighted by Crippen LogP contribution is 2.22. The smallest absolute Gasteiger partial charge is 0.241 e. The summed E-state index contributed by atoms with van der Waals surface area (Å²) in [5, 5.41) is 3.84. The molecule has 1 heterocycles. The van der Waals surface area contributed by atoms with Gasteiger partial charge in [-0.05, 0) is 56.4 Å². The van der Waals surface area contributed by atoms with Gasteiger partial charge in [0.25, 0.3) is 0 Å². The number of halogens is 2. The van der Waals surface area contributed by atoms with Gasteiger partial charge in [-0.2, -0.15) is 0 Å². The van der Waals surface area contributed by atoms with Gasteiger partial charge in [0.05, 0.1) is 17.2 Å². The summed E-state index contributed by atoms with van der Waals surface area (Å²) in [7, 11) is 1.80. The molecule has 1 aromatic heterocycles. The van der Waals surface area contributed by atoms with Crippen LogP contribution in [0.3, 0.4) is 0 Å². The zero-order chi connectivity index (χ0) is 18.7. The molecule has 0 saturated carbocycles. The largest absolute Gasteiger partial charge is 0.324 e. The van der Waals surface area contributed by atoms with Crippen LogP contribution in [0.1, 0.15) is 12.5 Å². The molecule has 0 spiro atoms. The summed E-state index contributed by atoms with van der Waals surface area (Å²) in [6, 6.07) is 13.7. The molecule has 0 saturated heterocycles. The lowest BCUT2D eigenvalue weighted by molar-refractivity contribution is -0.120. The number of nitrogens with zero attached hydrogens (tertiary/aromatic N) is 2. The molecule has 0 aliphatic rings. The van der Waals surface area contributed by atoms with E-state index >= 15 is 0 Å². The molecular formula is C20H19BrFN3O. The van der Waals surface area contributed by atoms with Crippen molar-refractivity contribution in [2.75, 3.05) is 12.4 Å². The first kappa shape index (κ1) is 18.5. The van der Waals surface area contributed by atoms with Crippen LogP contribution in [0.5, 0.6) is 0 Å². The highest BCUT2D eigenvalue weighted by atomic mass is 79.9. The van der Waals surface area contributed by atoms with E-state index < -0.39 is 6.04 Å². The fraction of sp³-hybridized carbons (Fsp3) is 0.200. The fourth-order valence-corrected chi connectivity index (χ4v) is 3.13. The highest BCUT2D eigenvalue weighted by molar-refractivity contribution is 9.10. The second-order valence-corrected chi connectivity index (χ2v) is 7.11. The Hall–Kier alpha value is -2.31. The molecule has 3 aromatic rings. The predicted octanol–water partition coefficient (Wildman–Crippen LogP) is 4.60.